The van der Waals surface area contributed by atoms with E-state index >= 15 is 0 Å². The third-order valence-corrected chi connectivity index (χ3v) is 2.51. The molecular formula is C13H19N3O4. The minimum absolute atomic E-state index is 0.0352. The zero-order valence-corrected chi connectivity index (χ0v) is 11.6. The lowest BCUT2D eigenvalue weighted by Crippen LogP contribution is -2.24. The molecule has 0 aromatic heterocycles. The van der Waals surface area contributed by atoms with Crippen LogP contribution in [0.4, 0.5) is 11.4 Å². The van der Waals surface area contributed by atoms with Crippen LogP contribution in [-0.4, -0.2) is 30.5 Å². The van der Waals surface area contributed by atoms with Gasteiger partial charge >= 0.3 is 5.69 Å². The Morgan fingerprint density at radius 1 is 1.40 bits per heavy atom. The molecule has 20 heavy (non-hydrogen) atoms. The van der Waals surface area contributed by atoms with Crippen molar-refractivity contribution in [2.75, 3.05) is 25.0 Å². The summed E-state index contributed by atoms with van der Waals surface area (Å²) in [5, 5.41) is 16.6. The standard InChI is InChI=1S/C13H19N3O4/c1-3-14-13(17)7-8-15-10-5-6-11(16(18)19)12(9-10)20-4-2/h5-6,9,15H,3-4,7-8H2,1-2H3,(H,14,17). The largest absolute Gasteiger partial charge is 0.487 e. The van der Waals surface area contributed by atoms with E-state index in [4.69, 9.17) is 4.74 Å². The Hall–Kier alpha value is -2.31. The van der Waals surface area contributed by atoms with Crippen LogP contribution in [0.3, 0.4) is 0 Å². The number of rotatable bonds is 8. The fourth-order valence-electron chi connectivity index (χ4n) is 1.65. The normalized spacial score (nSPS) is 9.90. The number of nitro benzene ring substituents is 1. The van der Waals surface area contributed by atoms with Gasteiger partial charge in [-0.2, -0.15) is 0 Å². The Bertz CT molecular complexity index is 477. The third kappa shape index (κ3) is 4.75. The van der Waals surface area contributed by atoms with Gasteiger partial charge in [-0.15, -0.1) is 0 Å². The first-order valence-corrected chi connectivity index (χ1v) is 6.50. The molecule has 0 heterocycles. The number of amides is 1. The Balaban J connectivity index is 2.65. The number of nitrogens with one attached hydrogen (secondary N) is 2. The monoisotopic (exact) mass is 281 g/mol. The molecule has 7 nitrogen and oxygen atoms in total. The highest BCUT2D eigenvalue weighted by Crippen LogP contribution is 2.29. The number of ether oxygens (including phenoxy) is 1. The zero-order chi connectivity index (χ0) is 15.0. The lowest BCUT2D eigenvalue weighted by atomic mass is 10.2. The van der Waals surface area contributed by atoms with Gasteiger partial charge in [0.1, 0.15) is 0 Å². The molecular weight excluding hydrogens is 262 g/mol. The number of anilines is 1. The van der Waals surface area contributed by atoms with Gasteiger partial charge in [-0.25, -0.2) is 0 Å². The van der Waals surface area contributed by atoms with Crippen LogP contribution in [0, 0.1) is 10.1 Å². The summed E-state index contributed by atoms with van der Waals surface area (Å²) in [6.45, 7) is 5.03. The Morgan fingerprint density at radius 3 is 2.75 bits per heavy atom. The van der Waals surface area contributed by atoms with E-state index in [0.717, 1.165) is 0 Å². The molecule has 0 aliphatic carbocycles. The molecule has 0 saturated carbocycles. The van der Waals surface area contributed by atoms with Crippen molar-refractivity contribution in [1.82, 2.24) is 5.32 Å². The molecule has 1 aromatic rings. The number of nitrogens with zero attached hydrogens (tertiary/aromatic N) is 1. The van der Waals surface area contributed by atoms with E-state index in [-0.39, 0.29) is 17.3 Å². The maximum absolute atomic E-state index is 11.3. The van der Waals surface area contributed by atoms with Crippen molar-refractivity contribution in [3.63, 3.8) is 0 Å². The summed E-state index contributed by atoms with van der Waals surface area (Å²) in [6, 6.07) is 4.55. The summed E-state index contributed by atoms with van der Waals surface area (Å²) in [6.07, 6.45) is 0.342. The molecule has 0 atom stereocenters. The molecule has 0 saturated heterocycles. The fourth-order valence-corrected chi connectivity index (χ4v) is 1.65. The van der Waals surface area contributed by atoms with Crippen LogP contribution in [0.25, 0.3) is 0 Å². The number of carbonyl (C=O) groups is 1. The van der Waals surface area contributed by atoms with Gasteiger partial charge in [-0.1, -0.05) is 0 Å². The van der Waals surface area contributed by atoms with E-state index in [1.807, 2.05) is 6.92 Å². The van der Waals surface area contributed by atoms with Gasteiger partial charge in [-0.05, 0) is 19.9 Å². The van der Waals surface area contributed by atoms with Crippen molar-refractivity contribution in [3.05, 3.63) is 28.3 Å². The van der Waals surface area contributed by atoms with Crippen LogP contribution >= 0.6 is 0 Å². The maximum Gasteiger partial charge on any atom is 0.311 e. The molecule has 7 heteroatoms. The maximum atomic E-state index is 11.3. The first-order valence-electron chi connectivity index (χ1n) is 6.50. The molecule has 0 bridgehead atoms. The minimum atomic E-state index is -0.483. The smallest absolute Gasteiger partial charge is 0.311 e. The van der Waals surface area contributed by atoms with Gasteiger partial charge in [0.2, 0.25) is 5.91 Å². The summed E-state index contributed by atoms with van der Waals surface area (Å²) in [5.41, 5.74) is 0.615. The summed E-state index contributed by atoms with van der Waals surface area (Å²) < 4.78 is 5.24. The van der Waals surface area contributed by atoms with Crippen molar-refractivity contribution in [2.24, 2.45) is 0 Å². The number of hydrogen-bond donors (Lipinski definition) is 2. The SMILES string of the molecule is CCNC(=O)CCNc1ccc([N+](=O)[O-])c(OCC)c1. The highest BCUT2D eigenvalue weighted by molar-refractivity contribution is 5.76. The average molecular weight is 281 g/mol. The molecule has 0 radical (unpaired) electrons. The summed E-state index contributed by atoms with van der Waals surface area (Å²) in [4.78, 5) is 21.6. The first-order chi connectivity index (χ1) is 9.58. The predicted molar refractivity (Wildman–Crippen MR) is 76.1 cm³/mol. The molecule has 0 spiro atoms. The first kappa shape index (κ1) is 15.7. The second kappa shape index (κ2) is 7.98. The molecule has 1 amide bonds. The van der Waals surface area contributed by atoms with E-state index < -0.39 is 4.92 Å². The lowest BCUT2D eigenvalue weighted by molar-refractivity contribution is -0.385. The van der Waals surface area contributed by atoms with Gasteiger partial charge in [0, 0.05) is 37.3 Å². The summed E-state index contributed by atoms with van der Waals surface area (Å²) in [5.74, 6) is 0.187. The highest BCUT2D eigenvalue weighted by atomic mass is 16.6. The van der Waals surface area contributed by atoms with Gasteiger partial charge in [-0.3, -0.25) is 14.9 Å². The van der Waals surface area contributed by atoms with E-state index in [0.29, 0.717) is 31.8 Å². The van der Waals surface area contributed by atoms with Crippen LogP contribution in [0.15, 0.2) is 18.2 Å². The van der Waals surface area contributed by atoms with E-state index in [1.165, 1.54) is 6.07 Å². The minimum Gasteiger partial charge on any atom is -0.487 e. The lowest BCUT2D eigenvalue weighted by Gasteiger charge is -2.09. The van der Waals surface area contributed by atoms with E-state index in [2.05, 4.69) is 10.6 Å². The Kier molecular flexibility index (Phi) is 6.28. The summed E-state index contributed by atoms with van der Waals surface area (Å²) in [7, 11) is 0. The molecule has 0 unspecified atom stereocenters. The molecule has 1 aromatic carbocycles. The fraction of sp³-hybridized carbons (Fsp3) is 0.462. The van der Waals surface area contributed by atoms with Crippen molar-refractivity contribution < 1.29 is 14.5 Å². The number of nitro groups is 1. The van der Waals surface area contributed by atoms with Crippen molar-refractivity contribution in [1.29, 1.82) is 0 Å². The van der Waals surface area contributed by atoms with Crippen LogP contribution in [0.1, 0.15) is 20.3 Å². The topological polar surface area (TPSA) is 93.5 Å². The number of carbonyl (C=O) groups excluding carboxylic acids is 1. The predicted octanol–water partition coefficient (Wildman–Crippen LogP) is 1.93. The van der Waals surface area contributed by atoms with Crippen LogP contribution < -0.4 is 15.4 Å². The van der Waals surface area contributed by atoms with Gasteiger partial charge in [0.05, 0.1) is 11.5 Å². The molecule has 0 aliphatic rings. The van der Waals surface area contributed by atoms with Crippen molar-refractivity contribution in [3.8, 4) is 5.75 Å². The van der Waals surface area contributed by atoms with Crippen molar-refractivity contribution in [2.45, 2.75) is 20.3 Å². The molecule has 0 aliphatic heterocycles. The van der Waals surface area contributed by atoms with Crippen LogP contribution in [0.5, 0.6) is 5.75 Å². The second-order valence-electron chi connectivity index (χ2n) is 4.00. The average Bonchev–Trinajstić information content (AvgIpc) is 2.39. The van der Waals surface area contributed by atoms with Gasteiger partial charge in [0.25, 0.3) is 0 Å². The Labute approximate surface area is 117 Å². The highest BCUT2D eigenvalue weighted by Gasteiger charge is 2.15. The van der Waals surface area contributed by atoms with E-state index in [1.54, 1.807) is 19.1 Å². The molecule has 2 N–H and O–H groups in total. The van der Waals surface area contributed by atoms with Gasteiger partial charge < -0.3 is 15.4 Å². The quantitative estimate of drug-likeness (QED) is 0.561. The molecule has 0 fully saturated rings. The Morgan fingerprint density at radius 2 is 2.15 bits per heavy atom. The van der Waals surface area contributed by atoms with Crippen LogP contribution in [-0.2, 0) is 4.79 Å². The van der Waals surface area contributed by atoms with Crippen molar-refractivity contribution >= 4 is 17.3 Å². The number of benzene rings is 1. The van der Waals surface area contributed by atoms with Gasteiger partial charge in [0.15, 0.2) is 5.75 Å². The summed E-state index contributed by atoms with van der Waals surface area (Å²) >= 11 is 0. The third-order valence-electron chi connectivity index (χ3n) is 2.51. The second-order valence-corrected chi connectivity index (χ2v) is 4.00. The van der Waals surface area contributed by atoms with Crippen LogP contribution in [0.2, 0.25) is 0 Å². The van der Waals surface area contributed by atoms with E-state index in [9.17, 15) is 14.9 Å². The molecule has 1 rings (SSSR count). The number of hydrogen-bond acceptors (Lipinski definition) is 5. The molecule has 110 valence electrons. The zero-order valence-electron chi connectivity index (χ0n) is 11.6.